The lowest BCUT2D eigenvalue weighted by Gasteiger charge is -2.27. The first-order valence-electron chi connectivity index (χ1n) is 7.72. The molecule has 0 aliphatic heterocycles. The molecule has 2 amide bonds. The number of rotatable bonds is 3. The van der Waals surface area contributed by atoms with Crippen molar-refractivity contribution in [3.63, 3.8) is 0 Å². The summed E-state index contributed by atoms with van der Waals surface area (Å²) in [6.45, 7) is 0.163. The predicted octanol–water partition coefficient (Wildman–Crippen LogP) is 2.31. The molecule has 0 radical (unpaired) electrons. The van der Waals surface area contributed by atoms with Crippen LogP contribution in [0.1, 0.15) is 31.2 Å². The molecule has 0 bridgehead atoms. The highest BCUT2D eigenvalue weighted by Gasteiger charge is 2.30. The van der Waals surface area contributed by atoms with E-state index < -0.39 is 29.7 Å². The second kappa shape index (κ2) is 7.65. The van der Waals surface area contributed by atoms with Crippen molar-refractivity contribution in [1.82, 2.24) is 5.32 Å². The van der Waals surface area contributed by atoms with Crippen LogP contribution in [0, 0.1) is 5.92 Å². The van der Waals surface area contributed by atoms with E-state index in [1.54, 1.807) is 0 Å². The molecule has 0 unspecified atom stereocenters. The van der Waals surface area contributed by atoms with Crippen molar-refractivity contribution in [2.45, 2.75) is 38.0 Å². The van der Waals surface area contributed by atoms with Crippen molar-refractivity contribution in [2.24, 2.45) is 5.92 Å². The highest BCUT2D eigenvalue weighted by Crippen LogP contribution is 2.30. The van der Waals surface area contributed by atoms with Gasteiger partial charge in [0.25, 0.3) is 0 Å². The summed E-state index contributed by atoms with van der Waals surface area (Å²) in [5.74, 6) is -2.09. The van der Waals surface area contributed by atoms with E-state index in [0.717, 1.165) is 37.5 Å². The minimum Gasteiger partial charge on any atom is -0.393 e. The average molecular weight is 344 g/mol. The van der Waals surface area contributed by atoms with E-state index in [1.807, 2.05) is 0 Å². The van der Waals surface area contributed by atoms with Crippen LogP contribution in [0.15, 0.2) is 24.3 Å². The van der Waals surface area contributed by atoms with Crippen LogP contribution in [-0.2, 0) is 15.8 Å². The molecule has 0 saturated heterocycles. The smallest absolute Gasteiger partial charge is 0.393 e. The maximum atomic E-state index is 12.6. The molecule has 2 rings (SSSR count). The normalized spacial score (nSPS) is 21.2. The van der Waals surface area contributed by atoms with E-state index in [-0.39, 0.29) is 18.2 Å². The van der Waals surface area contributed by atoms with Gasteiger partial charge in [-0.2, -0.15) is 13.2 Å². The molecule has 0 spiro atoms. The van der Waals surface area contributed by atoms with Gasteiger partial charge in [0.15, 0.2) is 0 Å². The summed E-state index contributed by atoms with van der Waals surface area (Å²) in [6, 6.07) is 4.05. The number of amides is 2. The van der Waals surface area contributed by atoms with Gasteiger partial charge in [0.1, 0.15) is 0 Å². The van der Waals surface area contributed by atoms with E-state index in [0.29, 0.717) is 6.42 Å². The number of anilines is 1. The van der Waals surface area contributed by atoms with Crippen molar-refractivity contribution >= 4 is 17.5 Å². The van der Waals surface area contributed by atoms with Crippen molar-refractivity contribution in [2.75, 3.05) is 11.9 Å². The first kappa shape index (κ1) is 18.3. The number of aliphatic hydroxyl groups is 1. The Morgan fingerprint density at radius 1 is 1.17 bits per heavy atom. The van der Waals surface area contributed by atoms with Gasteiger partial charge in [0.2, 0.25) is 0 Å². The molecule has 1 aromatic carbocycles. The van der Waals surface area contributed by atoms with E-state index in [2.05, 4.69) is 10.6 Å². The second-order valence-electron chi connectivity index (χ2n) is 5.85. The van der Waals surface area contributed by atoms with Crippen LogP contribution in [0.2, 0.25) is 0 Å². The van der Waals surface area contributed by atoms with Crippen LogP contribution in [0.25, 0.3) is 0 Å². The van der Waals surface area contributed by atoms with Gasteiger partial charge in [-0.25, -0.2) is 0 Å². The van der Waals surface area contributed by atoms with Crippen molar-refractivity contribution in [1.29, 1.82) is 0 Å². The second-order valence-corrected chi connectivity index (χ2v) is 5.85. The number of nitrogens with one attached hydrogen (secondary N) is 2. The Hall–Kier alpha value is -2.09. The Morgan fingerprint density at radius 3 is 2.54 bits per heavy atom. The Balaban J connectivity index is 1.88. The fourth-order valence-corrected chi connectivity index (χ4v) is 2.69. The number of halogens is 3. The summed E-state index contributed by atoms with van der Waals surface area (Å²) < 4.78 is 37.8. The zero-order valence-electron chi connectivity index (χ0n) is 12.9. The van der Waals surface area contributed by atoms with Crippen LogP contribution in [0.4, 0.5) is 18.9 Å². The predicted molar refractivity (Wildman–Crippen MR) is 81.0 cm³/mol. The molecule has 132 valence electrons. The largest absolute Gasteiger partial charge is 0.416 e. The van der Waals surface area contributed by atoms with Crippen molar-refractivity contribution in [3.8, 4) is 0 Å². The summed E-state index contributed by atoms with van der Waals surface area (Å²) in [5, 5.41) is 14.4. The number of carbonyl (C=O) groups is 2. The van der Waals surface area contributed by atoms with Gasteiger partial charge in [-0.05, 0) is 31.0 Å². The topological polar surface area (TPSA) is 78.4 Å². The minimum atomic E-state index is -4.53. The van der Waals surface area contributed by atoms with E-state index in [9.17, 15) is 27.9 Å². The summed E-state index contributed by atoms with van der Waals surface area (Å²) >= 11 is 0. The lowest BCUT2D eigenvalue weighted by molar-refractivity contribution is -0.137. The molecular weight excluding hydrogens is 325 g/mol. The van der Waals surface area contributed by atoms with Crippen molar-refractivity contribution < 1.29 is 27.9 Å². The van der Waals surface area contributed by atoms with E-state index >= 15 is 0 Å². The van der Waals surface area contributed by atoms with Gasteiger partial charge < -0.3 is 15.7 Å². The molecule has 24 heavy (non-hydrogen) atoms. The highest BCUT2D eigenvalue weighted by molar-refractivity contribution is 6.39. The Kier molecular flexibility index (Phi) is 5.82. The van der Waals surface area contributed by atoms with E-state index in [4.69, 9.17) is 0 Å². The Labute approximate surface area is 137 Å². The zero-order valence-corrected chi connectivity index (χ0v) is 12.9. The van der Waals surface area contributed by atoms with Gasteiger partial charge in [0, 0.05) is 18.2 Å². The maximum Gasteiger partial charge on any atom is 0.416 e. The number of aliphatic hydroxyl groups excluding tert-OH is 1. The first-order valence-corrected chi connectivity index (χ1v) is 7.72. The minimum absolute atomic E-state index is 0.107. The lowest BCUT2D eigenvalue weighted by Crippen LogP contribution is -2.41. The summed E-state index contributed by atoms with van der Waals surface area (Å²) in [5.41, 5.74) is -1.02. The van der Waals surface area contributed by atoms with Gasteiger partial charge >= 0.3 is 18.0 Å². The molecule has 1 aliphatic carbocycles. The third-order valence-corrected chi connectivity index (χ3v) is 4.05. The number of carbonyl (C=O) groups excluding carboxylic acids is 2. The fourth-order valence-electron chi connectivity index (χ4n) is 2.69. The third kappa shape index (κ3) is 4.95. The molecule has 3 N–H and O–H groups in total. The Bertz CT molecular complexity index is 604. The van der Waals surface area contributed by atoms with E-state index in [1.165, 1.54) is 6.07 Å². The van der Waals surface area contributed by atoms with Crippen LogP contribution in [0.5, 0.6) is 0 Å². The first-order chi connectivity index (χ1) is 11.3. The lowest BCUT2D eigenvalue weighted by atomic mass is 9.86. The molecule has 1 saturated carbocycles. The molecule has 1 fully saturated rings. The molecule has 1 aromatic rings. The number of hydrogen-bond donors (Lipinski definition) is 3. The standard InChI is InChI=1S/C16H19F3N2O3/c17-16(18,19)11-5-3-6-12(8-11)21-15(24)14(23)20-9-10-4-1-2-7-13(10)22/h3,5-6,8,10,13,22H,1-2,4,7,9H2,(H,20,23)(H,21,24)/t10-,13+/m0/s1. The monoisotopic (exact) mass is 344 g/mol. The summed E-state index contributed by atoms with van der Waals surface area (Å²) in [7, 11) is 0. The number of alkyl halides is 3. The highest BCUT2D eigenvalue weighted by atomic mass is 19.4. The molecule has 1 aliphatic rings. The molecular formula is C16H19F3N2O3. The van der Waals surface area contributed by atoms with Crippen LogP contribution in [0.3, 0.4) is 0 Å². The third-order valence-electron chi connectivity index (χ3n) is 4.05. The molecule has 2 atom stereocenters. The quantitative estimate of drug-likeness (QED) is 0.737. The fraction of sp³-hybridized carbons (Fsp3) is 0.500. The molecule has 0 aromatic heterocycles. The SMILES string of the molecule is O=C(NC[C@@H]1CCCC[C@H]1O)C(=O)Nc1cccc(C(F)(F)F)c1. The van der Waals surface area contributed by atoms with Crippen LogP contribution >= 0.6 is 0 Å². The van der Waals surface area contributed by atoms with Gasteiger partial charge in [-0.1, -0.05) is 18.9 Å². The van der Waals surface area contributed by atoms with Crippen molar-refractivity contribution in [3.05, 3.63) is 29.8 Å². The molecule has 8 heteroatoms. The maximum absolute atomic E-state index is 12.6. The van der Waals surface area contributed by atoms with Gasteiger partial charge in [0.05, 0.1) is 11.7 Å². The van der Waals surface area contributed by atoms with Crippen LogP contribution < -0.4 is 10.6 Å². The molecule has 0 heterocycles. The van der Waals surface area contributed by atoms with Crippen LogP contribution in [-0.4, -0.2) is 29.6 Å². The average Bonchev–Trinajstić information content (AvgIpc) is 2.53. The summed E-state index contributed by atoms with van der Waals surface area (Å²) in [4.78, 5) is 23.5. The zero-order chi connectivity index (χ0) is 17.7. The van der Waals surface area contributed by atoms with Gasteiger partial charge in [-0.15, -0.1) is 0 Å². The Morgan fingerprint density at radius 2 is 1.88 bits per heavy atom. The number of hydrogen-bond acceptors (Lipinski definition) is 3. The van der Waals surface area contributed by atoms with Gasteiger partial charge in [-0.3, -0.25) is 9.59 Å². The molecule has 5 nitrogen and oxygen atoms in total. The number of benzene rings is 1. The summed E-state index contributed by atoms with van der Waals surface area (Å²) in [6.07, 6.45) is -1.73.